The molecule has 1 aliphatic heterocycles. The fourth-order valence-corrected chi connectivity index (χ4v) is 5.02. The number of nitrogens with zero attached hydrogens (tertiary/aromatic N) is 2. The largest absolute Gasteiger partial charge is 0.352 e. The molecule has 146 valence electrons. The normalized spacial score (nSPS) is 16.6. The molecule has 0 bridgehead atoms. The number of fused-ring (bicyclic) bond motifs is 2. The molecular weight excluding hydrogens is 378 g/mol. The Balaban J connectivity index is 1.30. The Morgan fingerprint density at radius 2 is 1.83 bits per heavy atom. The van der Waals surface area contributed by atoms with Crippen molar-refractivity contribution in [2.45, 2.75) is 25.3 Å². The summed E-state index contributed by atoms with van der Waals surface area (Å²) in [6.45, 7) is 1.79. The first-order chi connectivity index (χ1) is 14.3. The minimum absolute atomic E-state index is 0.132. The summed E-state index contributed by atoms with van der Waals surface area (Å²) in [7, 11) is 0. The van der Waals surface area contributed by atoms with Gasteiger partial charge in [-0.1, -0.05) is 48.5 Å². The topological polar surface area (TPSA) is 45.2 Å². The third-order valence-electron chi connectivity index (χ3n) is 5.73. The van der Waals surface area contributed by atoms with Crippen molar-refractivity contribution in [3.63, 3.8) is 0 Å². The van der Waals surface area contributed by atoms with E-state index in [1.807, 2.05) is 11.6 Å². The van der Waals surface area contributed by atoms with E-state index in [1.165, 1.54) is 27.1 Å². The number of carbonyl (C=O) groups excluding carboxylic acids is 1. The highest BCUT2D eigenvalue weighted by Crippen LogP contribution is 2.29. The van der Waals surface area contributed by atoms with Crippen molar-refractivity contribution >= 4 is 43.9 Å². The third-order valence-corrected chi connectivity index (χ3v) is 6.56. The van der Waals surface area contributed by atoms with E-state index in [9.17, 15) is 4.79 Å². The van der Waals surface area contributed by atoms with Crippen LogP contribution in [-0.4, -0.2) is 30.0 Å². The van der Waals surface area contributed by atoms with Crippen LogP contribution in [0.3, 0.4) is 0 Å². The van der Waals surface area contributed by atoms with Gasteiger partial charge in [-0.05, 0) is 46.0 Å². The van der Waals surface area contributed by atoms with Gasteiger partial charge in [-0.3, -0.25) is 4.79 Å². The van der Waals surface area contributed by atoms with Crippen LogP contribution in [0.2, 0.25) is 0 Å². The van der Waals surface area contributed by atoms with Gasteiger partial charge in [0.05, 0.1) is 0 Å². The maximum absolute atomic E-state index is 12.7. The fraction of sp³-hybridized carbons (Fsp3) is 0.250. The number of hydrogen-bond donors (Lipinski definition) is 1. The van der Waals surface area contributed by atoms with Crippen molar-refractivity contribution in [2.24, 2.45) is 0 Å². The summed E-state index contributed by atoms with van der Waals surface area (Å²) >= 11 is 1.65. The van der Waals surface area contributed by atoms with Crippen LogP contribution >= 0.6 is 11.3 Å². The summed E-state index contributed by atoms with van der Waals surface area (Å²) in [6.07, 6.45) is 4.06. The van der Waals surface area contributed by atoms with Crippen molar-refractivity contribution in [2.75, 3.05) is 18.0 Å². The number of hydrogen-bond acceptors (Lipinski definition) is 4. The highest BCUT2D eigenvalue weighted by atomic mass is 32.1. The zero-order chi connectivity index (χ0) is 19.6. The molecular formula is C24H23N3OS. The van der Waals surface area contributed by atoms with Crippen molar-refractivity contribution in [1.29, 1.82) is 0 Å². The first-order valence-corrected chi connectivity index (χ1v) is 11.0. The van der Waals surface area contributed by atoms with Crippen molar-refractivity contribution in [3.8, 4) is 0 Å². The monoisotopic (exact) mass is 401 g/mol. The maximum Gasteiger partial charge on any atom is 0.220 e. The number of aromatic nitrogens is 1. The minimum atomic E-state index is 0.132. The lowest BCUT2D eigenvalue weighted by Gasteiger charge is -2.16. The second kappa shape index (κ2) is 7.84. The number of rotatable bonds is 5. The van der Waals surface area contributed by atoms with Crippen molar-refractivity contribution in [1.82, 2.24) is 10.3 Å². The molecule has 1 aromatic heterocycles. The molecule has 0 spiro atoms. The van der Waals surface area contributed by atoms with E-state index >= 15 is 0 Å². The predicted octanol–water partition coefficient (Wildman–Crippen LogP) is 4.78. The van der Waals surface area contributed by atoms with Gasteiger partial charge in [-0.25, -0.2) is 4.98 Å². The van der Waals surface area contributed by atoms with Crippen LogP contribution in [0.15, 0.2) is 66.2 Å². The first-order valence-electron chi connectivity index (χ1n) is 10.1. The number of carbonyl (C=O) groups is 1. The Kier molecular flexibility index (Phi) is 4.90. The Morgan fingerprint density at radius 3 is 2.52 bits per heavy atom. The quantitative estimate of drug-likeness (QED) is 0.490. The number of aryl methyl sites for hydroxylation is 1. The number of thiazole rings is 1. The molecule has 1 fully saturated rings. The molecule has 2 heterocycles. The Morgan fingerprint density at radius 1 is 1.10 bits per heavy atom. The van der Waals surface area contributed by atoms with E-state index < -0.39 is 0 Å². The van der Waals surface area contributed by atoms with E-state index in [-0.39, 0.29) is 11.9 Å². The molecule has 1 aliphatic rings. The molecule has 0 saturated carbocycles. The third kappa shape index (κ3) is 3.70. The number of anilines is 1. The molecule has 1 atom stereocenters. The first kappa shape index (κ1) is 18.1. The molecule has 4 nitrogen and oxygen atoms in total. The molecule has 1 saturated heterocycles. The zero-order valence-corrected chi connectivity index (χ0v) is 17.0. The molecule has 4 aromatic rings. The van der Waals surface area contributed by atoms with Crippen LogP contribution < -0.4 is 10.2 Å². The molecule has 1 unspecified atom stereocenters. The van der Waals surface area contributed by atoms with Gasteiger partial charge in [0.25, 0.3) is 0 Å². The number of nitrogens with one attached hydrogen (secondary N) is 1. The Labute approximate surface area is 174 Å². The summed E-state index contributed by atoms with van der Waals surface area (Å²) in [5, 5.41) is 11.2. The fourth-order valence-electron chi connectivity index (χ4n) is 4.34. The molecule has 5 rings (SSSR count). The Hall–Kier alpha value is -2.92. The predicted molar refractivity (Wildman–Crippen MR) is 121 cm³/mol. The molecule has 5 heteroatoms. The minimum Gasteiger partial charge on any atom is -0.352 e. The van der Waals surface area contributed by atoms with E-state index in [4.69, 9.17) is 0 Å². The van der Waals surface area contributed by atoms with Crippen LogP contribution in [0.4, 0.5) is 5.13 Å². The van der Waals surface area contributed by atoms with Gasteiger partial charge in [0, 0.05) is 37.1 Å². The lowest BCUT2D eigenvalue weighted by Crippen LogP contribution is -2.37. The summed E-state index contributed by atoms with van der Waals surface area (Å²) in [4.78, 5) is 19.3. The summed E-state index contributed by atoms with van der Waals surface area (Å²) in [6, 6.07) is 19.4. The molecule has 1 amide bonds. The van der Waals surface area contributed by atoms with Crippen LogP contribution in [0, 0.1) is 0 Å². The van der Waals surface area contributed by atoms with Crippen LogP contribution in [0.25, 0.3) is 21.5 Å². The van der Waals surface area contributed by atoms with Gasteiger partial charge >= 0.3 is 0 Å². The standard InChI is InChI=1S/C24H23N3OS/c28-23(26-19-11-13-27(16-19)24-25-12-14-29-24)10-9-22-20-7-3-1-5-17(20)15-18-6-2-4-8-21(18)22/h1-8,12,14-15,19H,9-11,13,16H2,(H,26,28). The highest BCUT2D eigenvalue weighted by Gasteiger charge is 2.25. The second-order valence-corrected chi connectivity index (χ2v) is 8.48. The van der Waals surface area contributed by atoms with Gasteiger partial charge in [0.15, 0.2) is 5.13 Å². The smallest absolute Gasteiger partial charge is 0.220 e. The van der Waals surface area contributed by atoms with Crippen LogP contribution in [0.1, 0.15) is 18.4 Å². The van der Waals surface area contributed by atoms with E-state index in [0.29, 0.717) is 6.42 Å². The molecule has 1 N–H and O–H groups in total. The molecule has 29 heavy (non-hydrogen) atoms. The van der Waals surface area contributed by atoms with Crippen molar-refractivity contribution < 1.29 is 4.79 Å². The van der Waals surface area contributed by atoms with E-state index in [2.05, 4.69) is 69.8 Å². The molecule has 3 aromatic carbocycles. The molecule has 0 aliphatic carbocycles. The Bertz CT molecular complexity index is 1100. The van der Waals surface area contributed by atoms with Gasteiger partial charge in [-0.2, -0.15) is 0 Å². The number of amides is 1. The van der Waals surface area contributed by atoms with Gasteiger partial charge in [-0.15, -0.1) is 11.3 Å². The van der Waals surface area contributed by atoms with E-state index in [0.717, 1.165) is 31.1 Å². The SMILES string of the molecule is O=C(CCc1c2ccccc2cc2ccccc12)NC1CCN(c2nccs2)C1. The molecule has 0 radical (unpaired) electrons. The average molecular weight is 402 g/mol. The lowest BCUT2D eigenvalue weighted by atomic mass is 9.94. The van der Waals surface area contributed by atoms with Gasteiger partial charge in [0.2, 0.25) is 5.91 Å². The second-order valence-electron chi connectivity index (χ2n) is 7.61. The van der Waals surface area contributed by atoms with E-state index in [1.54, 1.807) is 11.3 Å². The maximum atomic E-state index is 12.7. The summed E-state index contributed by atoms with van der Waals surface area (Å²) < 4.78 is 0. The zero-order valence-electron chi connectivity index (χ0n) is 16.2. The highest BCUT2D eigenvalue weighted by molar-refractivity contribution is 7.13. The van der Waals surface area contributed by atoms with Crippen molar-refractivity contribution in [3.05, 3.63) is 71.7 Å². The summed E-state index contributed by atoms with van der Waals surface area (Å²) in [5.41, 5.74) is 1.27. The van der Waals surface area contributed by atoms with Gasteiger partial charge < -0.3 is 10.2 Å². The van der Waals surface area contributed by atoms with Gasteiger partial charge in [0.1, 0.15) is 0 Å². The summed E-state index contributed by atoms with van der Waals surface area (Å²) in [5.74, 6) is 0.132. The number of benzene rings is 3. The average Bonchev–Trinajstić information content (AvgIpc) is 3.43. The lowest BCUT2D eigenvalue weighted by molar-refractivity contribution is -0.121. The van der Waals surface area contributed by atoms with Crippen LogP contribution in [-0.2, 0) is 11.2 Å². The van der Waals surface area contributed by atoms with Crippen LogP contribution in [0.5, 0.6) is 0 Å².